The van der Waals surface area contributed by atoms with Gasteiger partial charge in [-0.05, 0) is 37.1 Å². The molecule has 0 aliphatic carbocycles. The lowest BCUT2D eigenvalue weighted by molar-refractivity contribution is -0.142. The molecule has 18 nitrogen and oxygen atoms in total. The first-order valence-electron chi connectivity index (χ1n) is 15.4. The minimum atomic E-state index is -3.92. The number of hydrogen-bond acceptors (Lipinski definition) is 13. The standard InChI is InChI=1S/C30H44N6O12S/c1-44-24-6-8-25(9-7-24)49(42,43)36-30-34-19-23(20-35-30)29(41)33-10-4-2-3-5-26(37)31-11-13-45-15-17-47-21-27(38)32-12-14-46-16-18-48-22-28(39)40/h6-9,19-20H,2-5,10-18,21-22H2,1H3,(H,31,37)(H,32,38)(H,33,41)(H,39,40)(H,34,35,36). The van der Waals surface area contributed by atoms with Crippen molar-refractivity contribution in [2.45, 2.75) is 30.6 Å². The Balaban J connectivity index is 1.42. The molecular weight excluding hydrogens is 668 g/mol. The molecule has 0 saturated carbocycles. The van der Waals surface area contributed by atoms with E-state index in [1.54, 1.807) is 0 Å². The van der Waals surface area contributed by atoms with Crippen molar-refractivity contribution in [2.24, 2.45) is 0 Å². The average Bonchev–Trinajstić information content (AvgIpc) is 3.08. The molecule has 272 valence electrons. The molecule has 49 heavy (non-hydrogen) atoms. The zero-order valence-corrected chi connectivity index (χ0v) is 28.1. The van der Waals surface area contributed by atoms with E-state index in [2.05, 4.69) is 30.6 Å². The maximum atomic E-state index is 12.5. The lowest BCUT2D eigenvalue weighted by atomic mass is 10.2. The predicted octanol–water partition coefficient (Wildman–Crippen LogP) is -0.0404. The minimum absolute atomic E-state index is 0.00557. The summed E-state index contributed by atoms with van der Waals surface area (Å²) in [5.41, 5.74) is 0.170. The van der Waals surface area contributed by atoms with Gasteiger partial charge in [0.2, 0.25) is 17.8 Å². The monoisotopic (exact) mass is 712 g/mol. The molecule has 2 aromatic rings. The minimum Gasteiger partial charge on any atom is -0.497 e. The Kier molecular flexibility index (Phi) is 19.8. The zero-order valence-electron chi connectivity index (χ0n) is 27.3. The number of carbonyl (C=O) groups excluding carboxylic acids is 3. The van der Waals surface area contributed by atoms with Gasteiger partial charge in [0.25, 0.3) is 15.9 Å². The van der Waals surface area contributed by atoms with E-state index in [0.29, 0.717) is 51.1 Å². The van der Waals surface area contributed by atoms with E-state index in [-0.39, 0.29) is 81.0 Å². The molecular formula is C30H44N6O12S. The molecule has 1 heterocycles. The van der Waals surface area contributed by atoms with Gasteiger partial charge in [-0.3, -0.25) is 14.4 Å². The van der Waals surface area contributed by atoms with Gasteiger partial charge >= 0.3 is 5.97 Å². The number of carbonyl (C=O) groups is 4. The van der Waals surface area contributed by atoms with Crippen LogP contribution in [-0.4, -0.2) is 127 Å². The third-order valence-corrected chi connectivity index (χ3v) is 7.56. The fourth-order valence-electron chi connectivity index (χ4n) is 3.75. The summed E-state index contributed by atoms with van der Waals surface area (Å²) < 4.78 is 52.9. The molecule has 5 N–H and O–H groups in total. The summed E-state index contributed by atoms with van der Waals surface area (Å²) in [4.78, 5) is 54.2. The Labute approximate surface area is 284 Å². The molecule has 0 bridgehead atoms. The third kappa shape index (κ3) is 18.6. The number of unbranched alkanes of at least 4 members (excludes halogenated alkanes) is 2. The van der Waals surface area contributed by atoms with Gasteiger partial charge < -0.3 is 44.7 Å². The molecule has 0 spiro atoms. The summed E-state index contributed by atoms with van der Waals surface area (Å²) in [6.07, 6.45) is 4.79. The molecule has 1 aromatic carbocycles. The molecule has 0 fully saturated rings. The fourth-order valence-corrected chi connectivity index (χ4v) is 4.71. The molecule has 0 radical (unpaired) electrons. The van der Waals surface area contributed by atoms with Gasteiger partial charge in [0.1, 0.15) is 19.0 Å². The van der Waals surface area contributed by atoms with Crippen LogP contribution in [0.1, 0.15) is 36.0 Å². The van der Waals surface area contributed by atoms with Crippen molar-refractivity contribution in [1.82, 2.24) is 25.9 Å². The van der Waals surface area contributed by atoms with E-state index in [4.69, 9.17) is 28.8 Å². The second-order valence-electron chi connectivity index (χ2n) is 10.1. The van der Waals surface area contributed by atoms with Crippen LogP contribution in [-0.2, 0) is 43.4 Å². The molecule has 2 rings (SSSR count). The number of nitrogens with zero attached hydrogens (tertiary/aromatic N) is 2. The maximum Gasteiger partial charge on any atom is 0.329 e. The molecule has 3 amide bonds. The van der Waals surface area contributed by atoms with Gasteiger partial charge in [0, 0.05) is 38.4 Å². The van der Waals surface area contributed by atoms with E-state index < -0.39 is 21.9 Å². The van der Waals surface area contributed by atoms with Crippen molar-refractivity contribution in [2.75, 3.05) is 84.3 Å². The summed E-state index contributed by atoms with van der Waals surface area (Å²) in [7, 11) is -2.44. The normalized spacial score (nSPS) is 11.0. The van der Waals surface area contributed by atoms with Crippen LogP contribution in [0.2, 0.25) is 0 Å². The van der Waals surface area contributed by atoms with Crippen molar-refractivity contribution >= 4 is 39.7 Å². The van der Waals surface area contributed by atoms with Gasteiger partial charge in [-0.1, -0.05) is 6.42 Å². The number of benzene rings is 1. The van der Waals surface area contributed by atoms with Crippen LogP contribution in [0.15, 0.2) is 41.6 Å². The Morgan fingerprint density at radius 2 is 1.31 bits per heavy atom. The Morgan fingerprint density at radius 1 is 0.714 bits per heavy atom. The average molecular weight is 713 g/mol. The Morgan fingerprint density at radius 3 is 1.92 bits per heavy atom. The number of ether oxygens (including phenoxy) is 5. The molecule has 0 unspecified atom stereocenters. The van der Waals surface area contributed by atoms with Gasteiger partial charge in [0.05, 0.1) is 57.2 Å². The summed E-state index contributed by atoms with van der Waals surface area (Å²) in [6.45, 7) is 1.87. The first-order chi connectivity index (χ1) is 23.6. The van der Waals surface area contributed by atoms with Crippen molar-refractivity contribution < 1.29 is 56.4 Å². The van der Waals surface area contributed by atoms with Gasteiger partial charge in [-0.2, -0.15) is 0 Å². The van der Waals surface area contributed by atoms with Crippen molar-refractivity contribution in [3.05, 3.63) is 42.2 Å². The summed E-state index contributed by atoms with van der Waals surface area (Å²) in [5.74, 6) is -1.54. The number of carboxylic acid groups (broad SMARTS) is 1. The first kappa shape index (κ1) is 40.7. The second kappa shape index (κ2) is 23.8. The molecule has 0 atom stereocenters. The number of rotatable bonds is 27. The molecule has 0 aliphatic heterocycles. The van der Waals surface area contributed by atoms with Crippen LogP contribution < -0.4 is 25.4 Å². The highest BCUT2D eigenvalue weighted by molar-refractivity contribution is 7.92. The van der Waals surface area contributed by atoms with E-state index in [9.17, 15) is 27.6 Å². The second-order valence-corrected chi connectivity index (χ2v) is 11.7. The highest BCUT2D eigenvalue weighted by Crippen LogP contribution is 2.17. The number of methoxy groups -OCH3 is 1. The first-order valence-corrected chi connectivity index (χ1v) is 16.9. The number of aliphatic carboxylic acids is 1. The zero-order chi connectivity index (χ0) is 35.7. The van der Waals surface area contributed by atoms with Crippen LogP contribution in [0.4, 0.5) is 5.95 Å². The van der Waals surface area contributed by atoms with Crippen molar-refractivity contribution in [3.8, 4) is 5.75 Å². The number of amides is 3. The van der Waals surface area contributed by atoms with E-state index in [0.717, 1.165) is 0 Å². The van der Waals surface area contributed by atoms with E-state index in [1.807, 2.05) is 0 Å². The number of anilines is 1. The Hall–Kier alpha value is -4.43. The summed E-state index contributed by atoms with van der Waals surface area (Å²) >= 11 is 0. The SMILES string of the molecule is COc1ccc(S(=O)(=O)Nc2ncc(C(=O)NCCCCCC(=O)NCCOCCOCC(=O)NCCOCCOCC(=O)O)cn2)cc1. The highest BCUT2D eigenvalue weighted by atomic mass is 32.2. The highest BCUT2D eigenvalue weighted by Gasteiger charge is 2.16. The number of hydrogen-bond donors (Lipinski definition) is 5. The predicted molar refractivity (Wildman–Crippen MR) is 174 cm³/mol. The molecule has 1 aromatic heterocycles. The van der Waals surface area contributed by atoms with Gasteiger partial charge in [-0.15, -0.1) is 0 Å². The smallest absolute Gasteiger partial charge is 0.329 e. The van der Waals surface area contributed by atoms with Gasteiger partial charge in [0.15, 0.2) is 0 Å². The quantitative estimate of drug-likeness (QED) is 0.0764. The lowest BCUT2D eigenvalue weighted by Gasteiger charge is -2.09. The largest absolute Gasteiger partial charge is 0.497 e. The third-order valence-electron chi connectivity index (χ3n) is 6.22. The van der Waals surface area contributed by atoms with Crippen LogP contribution >= 0.6 is 0 Å². The van der Waals surface area contributed by atoms with E-state index >= 15 is 0 Å². The number of nitrogens with one attached hydrogen (secondary N) is 4. The topological polar surface area (TPSA) is 243 Å². The van der Waals surface area contributed by atoms with Crippen LogP contribution in [0.25, 0.3) is 0 Å². The Bertz CT molecular complexity index is 1400. The lowest BCUT2D eigenvalue weighted by Crippen LogP contribution is -2.31. The molecule has 19 heteroatoms. The van der Waals surface area contributed by atoms with Crippen molar-refractivity contribution in [3.63, 3.8) is 0 Å². The van der Waals surface area contributed by atoms with Crippen molar-refractivity contribution in [1.29, 1.82) is 0 Å². The molecule has 0 aliphatic rings. The maximum absolute atomic E-state index is 12.5. The number of aromatic nitrogens is 2. The number of carboxylic acids is 1. The fraction of sp³-hybridized carbons (Fsp3) is 0.533. The summed E-state index contributed by atoms with van der Waals surface area (Å²) in [5, 5.41) is 16.5. The van der Waals surface area contributed by atoms with Crippen LogP contribution in [0.5, 0.6) is 5.75 Å². The van der Waals surface area contributed by atoms with Crippen LogP contribution in [0, 0.1) is 0 Å². The summed E-state index contributed by atoms with van der Waals surface area (Å²) in [6, 6.07) is 5.80. The number of sulfonamides is 1. The van der Waals surface area contributed by atoms with E-state index in [1.165, 1.54) is 43.8 Å². The van der Waals surface area contributed by atoms with Gasteiger partial charge in [-0.25, -0.2) is 27.9 Å². The molecule has 0 saturated heterocycles. The van der Waals surface area contributed by atoms with Crippen LogP contribution in [0.3, 0.4) is 0 Å².